The maximum atomic E-state index is 11.6. The lowest BCUT2D eigenvalue weighted by atomic mass is 10.2. The third kappa shape index (κ3) is 7.38. The van der Waals surface area contributed by atoms with Crippen LogP contribution in [0.25, 0.3) is 6.08 Å². The average Bonchev–Trinajstić information content (AvgIpc) is 2.62. The van der Waals surface area contributed by atoms with Crippen LogP contribution in [0, 0.1) is 0 Å². The van der Waals surface area contributed by atoms with Gasteiger partial charge in [-0.3, -0.25) is 10.1 Å². The first-order valence-electron chi connectivity index (χ1n) is 7.64. The summed E-state index contributed by atoms with van der Waals surface area (Å²) in [7, 11) is 3.04. The van der Waals surface area contributed by atoms with E-state index >= 15 is 0 Å². The number of carbonyl (C=O) groups is 3. The summed E-state index contributed by atoms with van der Waals surface area (Å²) in [4.78, 5) is 34.4. The van der Waals surface area contributed by atoms with Gasteiger partial charge in [-0.15, -0.1) is 0 Å². The molecule has 0 aliphatic rings. The van der Waals surface area contributed by atoms with Crippen LogP contribution in [0.2, 0.25) is 0 Å². The van der Waals surface area contributed by atoms with Crippen molar-refractivity contribution in [2.24, 2.45) is 0 Å². The first-order chi connectivity index (χ1) is 12.0. The Balaban J connectivity index is 2.50. The second-order valence-electron chi connectivity index (χ2n) is 4.85. The molecule has 0 aromatic heterocycles. The number of amides is 3. The Kier molecular flexibility index (Phi) is 8.56. The van der Waals surface area contributed by atoms with Crippen LogP contribution in [-0.4, -0.2) is 45.3 Å². The fourth-order valence-corrected chi connectivity index (χ4v) is 1.74. The Hall–Kier alpha value is -3.03. The number of esters is 1. The Morgan fingerprint density at radius 2 is 1.92 bits per heavy atom. The zero-order valence-corrected chi connectivity index (χ0v) is 14.5. The molecule has 0 atom stereocenters. The molecule has 0 fully saturated rings. The lowest BCUT2D eigenvalue weighted by Gasteiger charge is -2.07. The quantitative estimate of drug-likeness (QED) is 0.544. The van der Waals surface area contributed by atoms with Crippen LogP contribution in [0.4, 0.5) is 4.79 Å². The van der Waals surface area contributed by atoms with Crippen LogP contribution in [0.15, 0.2) is 24.3 Å². The maximum Gasteiger partial charge on any atom is 0.331 e. The third-order valence-electron chi connectivity index (χ3n) is 2.97. The summed E-state index contributed by atoms with van der Waals surface area (Å²) >= 11 is 0. The number of rotatable bonds is 8. The second-order valence-corrected chi connectivity index (χ2v) is 4.85. The topological polar surface area (TPSA) is 103 Å². The van der Waals surface area contributed by atoms with E-state index in [4.69, 9.17) is 14.2 Å². The standard InChI is InChI=1S/C17H22N2O6/c1-4-9-18-17(22)19-15(20)11-25-16(21)8-6-12-5-7-13(23-2)10-14(12)24-3/h5-8,10H,4,9,11H2,1-3H3,(H2,18,19,20,22)/b8-6+. The SMILES string of the molecule is CCCNC(=O)NC(=O)COC(=O)/C=C/c1ccc(OC)cc1OC. The number of nitrogens with one attached hydrogen (secondary N) is 2. The van der Waals surface area contributed by atoms with E-state index in [1.807, 2.05) is 6.92 Å². The molecule has 0 bridgehead atoms. The molecular weight excluding hydrogens is 328 g/mol. The number of imide groups is 1. The summed E-state index contributed by atoms with van der Waals surface area (Å²) in [5.41, 5.74) is 0.642. The molecule has 1 aromatic carbocycles. The number of benzene rings is 1. The van der Waals surface area contributed by atoms with Crippen molar-refractivity contribution >= 4 is 24.0 Å². The summed E-state index contributed by atoms with van der Waals surface area (Å²) < 4.78 is 15.1. The van der Waals surface area contributed by atoms with Gasteiger partial charge < -0.3 is 19.5 Å². The van der Waals surface area contributed by atoms with Crippen LogP contribution in [0.5, 0.6) is 11.5 Å². The molecular formula is C17H22N2O6. The van der Waals surface area contributed by atoms with Crippen molar-refractivity contribution in [1.29, 1.82) is 0 Å². The van der Waals surface area contributed by atoms with E-state index in [1.165, 1.54) is 20.3 Å². The summed E-state index contributed by atoms with van der Waals surface area (Å²) in [5.74, 6) is -0.289. The number of hydrogen-bond donors (Lipinski definition) is 2. The molecule has 0 aliphatic heterocycles. The van der Waals surface area contributed by atoms with E-state index in [9.17, 15) is 14.4 Å². The number of methoxy groups -OCH3 is 2. The molecule has 3 amide bonds. The highest BCUT2D eigenvalue weighted by molar-refractivity contribution is 5.96. The zero-order chi connectivity index (χ0) is 18.7. The summed E-state index contributed by atoms with van der Waals surface area (Å²) in [6, 6.07) is 4.48. The highest BCUT2D eigenvalue weighted by Gasteiger charge is 2.09. The molecule has 8 heteroatoms. The van der Waals surface area contributed by atoms with E-state index in [0.29, 0.717) is 23.6 Å². The summed E-state index contributed by atoms with van der Waals surface area (Å²) in [6.07, 6.45) is 3.40. The van der Waals surface area contributed by atoms with Gasteiger partial charge in [-0.1, -0.05) is 6.92 Å². The van der Waals surface area contributed by atoms with Gasteiger partial charge in [-0.05, 0) is 24.6 Å². The number of urea groups is 1. The van der Waals surface area contributed by atoms with Gasteiger partial charge in [0.15, 0.2) is 6.61 Å². The van der Waals surface area contributed by atoms with Crippen molar-refractivity contribution in [3.8, 4) is 11.5 Å². The van der Waals surface area contributed by atoms with Crippen molar-refractivity contribution in [3.05, 3.63) is 29.8 Å². The highest BCUT2D eigenvalue weighted by atomic mass is 16.5. The third-order valence-corrected chi connectivity index (χ3v) is 2.97. The molecule has 0 unspecified atom stereocenters. The predicted molar refractivity (Wildman–Crippen MR) is 91.4 cm³/mol. The molecule has 1 rings (SSSR count). The molecule has 8 nitrogen and oxygen atoms in total. The first-order valence-corrected chi connectivity index (χ1v) is 7.64. The number of ether oxygens (including phenoxy) is 3. The van der Waals surface area contributed by atoms with Crippen molar-refractivity contribution < 1.29 is 28.6 Å². The molecule has 2 N–H and O–H groups in total. The summed E-state index contributed by atoms with van der Waals surface area (Å²) in [6.45, 7) is 1.78. The normalized spacial score (nSPS) is 10.2. The van der Waals surface area contributed by atoms with E-state index in [-0.39, 0.29) is 0 Å². The smallest absolute Gasteiger partial charge is 0.331 e. The van der Waals surface area contributed by atoms with Gasteiger partial charge in [0.1, 0.15) is 11.5 Å². The predicted octanol–water partition coefficient (Wildman–Crippen LogP) is 1.50. The molecule has 0 spiro atoms. The summed E-state index contributed by atoms with van der Waals surface area (Å²) in [5, 5.41) is 4.52. The van der Waals surface area contributed by atoms with Crippen molar-refractivity contribution in [3.63, 3.8) is 0 Å². The highest BCUT2D eigenvalue weighted by Crippen LogP contribution is 2.25. The Morgan fingerprint density at radius 3 is 2.56 bits per heavy atom. The van der Waals surface area contributed by atoms with Gasteiger partial charge in [-0.2, -0.15) is 0 Å². The lowest BCUT2D eigenvalue weighted by molar-refractivity contribution is -0.143. The van der Waals surface area contributed by atoms with E-state index in [1.54, 1.807) is 18.2 Å². The molecule has 136 valence electrons. The molecule has 0 saturated heterocycles. The monoisotopic (exact) mass is 350 g/mol. The van der Waals surface area contributed by atoms with Gasteiger partial charge >= 0.3 is 12.0 Å². The minimum Gasteiger partial charge on any atom is -0.497 e. The van der Waals surface area contributed by atoms with Crippen LogP contribution >= 0.6 is 0 Å². The van der Waals surface area contributed by atoms with Crippen molar-refractivity contribution in [2.75, 3.05) is 27.4 Å². The van der Waals surface area contributed by atoms with Crippen LogP contribution in [0.3, 0.4) is 0 Å². The van der Waals surface area contributed by atoms with Crippen LogP contribution in [-0.2, 0) is 14.3 Å². The maximum absolute atomic E-state index is 11.6. The minimum absolute atomic E-state index is 0.450. The van der Waals surface area contributed by atoms with Gasteiger partial charge in [0.2, 0.25) is 0 Å². The Labute approximate surface area is 146 Å². The van der Waals surface area contributed by atoms with E-state index in [0.717, 1.165) is 12.5 Å². The van der Waals surface area contributed by atoms with Crippen LogP contribution in [0.1, 0.15) is 18.9 Å². The molecule has 25 heavy (non-hydrogen) atoms. The van der Waals surface area contributed by atoms with E-state index < -0.39 is 24.5 Å². The van der Waals surface area contributed by atoms with Crippen molar-refractivity contribution in [1.82, 2.24) is 10.6 Å². The number of hydrogen-bond acceptors (Lipinski definition) is 6. The first kappa shape index (κ1) is 20.0. The van der Waals surface area contributed by atoms with Crippen molar-refractivity contribution in [2.45, 2.75) is 13.3 Å². The van der Waals surface area contributed by atoms with E-state index in [2.05, 4.69) is 10.6 Å². The molecule has 0 heterocycles. The average molecular weight is 350 g/mol. The molecule has 0 saturated carbocycles. The fourth-order valence-electron chi connectivity index (χ4n) is 1.74. The Morgan fingerprint density at radius 1 is 1.16 bits per heavy atom. The molecule has 1 aromatic rings. The largest absolute Gasteiger partial charge is 0.497 e. The second kappa shape index (κ2) is 10.7. The Bertz CT molecular complexity index is 642. The van der Waals surface area contributed by atoms with Gasteiger partial charge in [0, 0.05) is 24.3 Å². The fraction of sp³-hybridized carbons (Fsp3) is 0.353. The van der Waals surface area contributed by atoms with Gasteiger partial charge in [-0.25, -0.2) is 9.59 Å². The zero-order valence-electron chi connectivity index (χ0n) is 14.5. The van der Waals surface area contributed by atoms with Crippen LogP contribution < -0.4 is 20.1 Å². The van der Waals surface area contributed by atoms with Gasteiger partial charge in [0.25, 0.3) is 5.91 Å². The molecule has 0 aliphatic carbocycles. The lowest BCUT2D eigenvalue weighted by Crippen LogP contribution is -2.41. The van der Waals surface area contributed by atoms with Gasteiger partial charge in [0.05, 0.1) is 14.2 Å². The minimum atomic E-state index is -0.720. The number of carbonyl (C=O) groups excluding carboxylic acids is 3. The molecule has 0 radical (unpaired) electrons.